The fourth-order valence-electron chi connectivity index (χ4n) is 2.98. The number of aryl methyl sites for hydroxylation is 2. The van der Waals surface area contributed by atoms with Crippen molar-refractivity contribution < 1.29 is 17.7 Å². The van der Waals surface area contributed by atoms with Gasteiger partial charge in [0.25, 0.3) is 5.56 Å². The van der Waals surface area contributed by atoms with Gasteiger partial charge in [0, 0.05) is 35.3 Å². The average molecular weight is 419 g/mol. The predicted octanol–water partition coefficient (Wildman–Crippen LogP) is 3.85. The van der Waals surface area contributed by atoms with Gasteiger partial charge in [-0.1, -0.05) is 9.93 Å². The van der Waals surface area contributed by atoms with Crippen molar-refractivity contribution in [2.45, 2.75) is 18.4 Å². The van der Waals surface area contributed by atoms with Crippen molar-refractivity contribution in [1.82, 2.24) is 4.57 Å². The molecule has 0 saturated carbocycles. The smallest absolute Gasteiger partial charge is 0.253 e. The normalized spacial score (nSPS) is 12.1. The molecule has 4 nitrogen and oxygen atoms in total. The Bertz CT molecular complexity index is 1150. The molecule has 0 aliphatic carbocycles. The number of hydrogen-bond acceptors (Lipinski definition) is 3. The summed E-state index contributed by atoms with van der Waals surface area (Å²) in [6, 6.07) is 10.3. The molecule has 3 aromatic rings. The highest BCUT2D eigenvalue weighted by atomic mass is 32.2. The molecule has 3 rings (SSSR count). The van der Waals surface area contributed by atoms with Gasteiger partial charge < -0.3 is 9.30 Å². The van der Waals surface area contributed by atoms with Crippen LogP contribution in [-0.4, -0.2) is 21.3 Å². The van der Waals surface area contributed by atoms with E-state index < -0.39 is 21.6 Å². The summed E-state index contributed by atoms with van der Waals surface area (Å²) >= 11 is 0. The summed E-state index contributed by atoms with van der Waals surface area (Å²) in [5.41, 5.74) is 2.22. The standard InChI is InChI=1S/C22H23F2NO3S/c1-14-7-17(12-25(2)22(14)26)16-8-19(11-20(9-16)29(3,4)27)28-13-15-5-6-18(23)10-21(15)24/h5-12,29H,13H2,1-4H3. The Morgan fingerprint density at radius 2 is 1.76 bits per heavy atom. The third-order valence-electron chi connectivity index (χ3n) is 4.62. The molecule has 1 aromatic heterocycles. The topological polar surface area (TPSA) is 48.3 Å². The Morgan fingerprint density at radius 3 is 2.38 bits per heavy atom. The maximum Gasteiger partial charge on any atom is 0.253 e. The molecule has 0 aliphatic heterocycles. The van der Waals surface area contributed by atoms with Crippen molar-refractivity contribution in [3.8, 4) is 16.9 Å². The molecule has 0 aliphatic rings. The molecule has 0 amide bonds. The van der Waals surface area contributed by atoms with Crippen LogP contribution >= 0.6 is 0 Å². The van der Waals surface area contributed by atoms with Crippen LogP contribution in [0.2, 0.25) is 0 Å². The number of nitrogens with zero attached hydrogens (tertiary/aromatic N) is 1. The van der Waals surface area contributed by atoms with Crippen LogP contribution in [0.1, 0.15) is 11.1 Å². The second-order valence-electron chi connectivity index (χ2n) is 7.42. The highest BCUT2D eigenvalue weighted by Crippen LogP contribution is 2.30. The van der Waals surface area contributed by atoms with Crippen LogP contribution in [-0.2, 0) is 23.6 Å². The Morgan fingerprint density at radius 1 is 1.03 bits per heavy atom. The molecular weight excluding hydrogens is 396 g/mol. The zero-order valence-corrected chi connectivity index (χ0v) is 17.6. The van der Waals surface area contributed by atoms with E-state index in [9.17, 15) is 17.8 Å². The number of thiol groups is 1. The summed E-state index contributed by atoms with van der Waals surface area (Å²) in [5, 5.41) is 0. The van der Waals surface area contributed by atoms with Crippen molar-refractivity contribution in [2.24, 2.45) is 7.05 Å². The molecule has 0 fully saturated rings. The zero-order valence-electron chi connectivity index (χ0n) is 16.7. The summed E-state index contributed by atoms with van der Waals surface area (Å²) in [6.45, 7) is 1.63. The van der Waals surface area contributed by atoms with Crippen LogP contribution in [0.15, 0.2) is 58.4 Å². The van der Waals surface area contributed by atoms with Crippen molar-refractivity contribution in [1.29, 1.82) is 0 Å². The van der Waals surface area contributed by atoms with Gasteiger partial charge in [0.05, 0.1) is 0 Å². The predicted molar refractivity (Wildman–Crippen MR) is 112 cm³/mol. The summed E-state index contributed by atoms with van der Waals surface area (Å²) in [7, 11) is -0.941. The maximum absolute atomic E-state index is 13.9. The first-order valence-corrected chi connectivity index (χ1v) is 11.6. The lowest BCUT2D eigenvalue weighted by Gasteiger charge is -2.17. The van der Waals surface area contributed by atoms with Crippen LogP contribution in [0, 0.1) is 18.6 Å². The Labute approximate surface area is 169 Å². The molecule has 0 saturated heterocycles. The second kappa shape index (κ2) is 7.91. The maximum atomic E-state index is 13.9. The van der Waals surface area contributed by atoms with E-state index in [2.05, 4.69) is 0 Å². The van der Waals surface area contributed by atoms with Crippen molar-refractivity contribution in [3.63, 3.8) is 0 Å². The van der Waals surface area contributed by atoms with E-state index in [4.69, 9.17) is 4.74 Å². The van der Waals surface area contributed by atoms with Crippen molar-refractivity contribution in [3.05, 3.63) is 81.8 Å². The first-order valence-electron chi connectivity index (χ1n) is 8.99. The largest absolute Gasteiger partial charge is 0.489 e. The highest BCUT2D eigenvalue weighted by molar-refractivity contribution is 8.01. The summed E-state index contributed by atoms with van der Waals surface area (Å²) < 4.78 is 46.9. The van der Waals surface area contributed by atoms with Gasteiger partial charge in [0.2, 0.25) is 0 Å². The number of pyridine rings is 1. The molecule has 29 heavy (non-hydrogen) atoms. The molecule has 0 atom stereocenters. The molecule has 0 spiro atoms. The first kappa shape index (κ1) is 20.9. The molecule has 0 N–H and O–H groups in total. The van der Waals surface area contributed by atoms with E-state index in [1.54, 1.807) is 50.9 Å². The van der Waals surface area contributed by atoms with Crippen LogP contribution in [0.25, 0.3) is 11.1 Å². The Kier molecular flexibility index (Phi) is 5.71. The molecule has 0 bridgehead atoms. The number of benzene rings is 2. The molecular formula is C22H23F2NO3S. The minimum Gasteiger partial charge on any atom is -0.489 e. The molecule has 0 radical (unpaired) electrons. The van der Waals surface area contributed by atoms with Crippen LogP contribution in [0.3, 0.4) is 0 Å². The number of rotatable bonds is 5. The van der Waals surface area contributed by atoms with Gasteiger partial charge >= 0.3 is 0 Å². The fraction of sp³-hybridized carbons (Fsp3) is 0.227. The van der Waals surface area contributed by atoms with Gasteiger partial charge in [0.1, 0.15) is 24.0 Å². The number of aromatic nitrogens is 1. The number of ether oxygens (including phenoxy) is 1. The van der Waals surface area contributed by atoms with E-state index in [1.807, 2.05) is 6.07 Å². The lowest BCUT2D eigenvalue weighted by atomic mass is 10.1. The van der Waals surface area contributed by atoms with Gasteiger partial charge in [-0.15, -0.1) is 0 Å². The summed E-state index contributed by atoms with van der Waals surface area (Å²) in [6.07, 6.45) is 5.01. The summed E-state index contributed by atoms with van der Waals surface area (Å²) in [5.74, 6) is -0.929. The van der Waals surface area contributed by atoms with Gasteiger partial charge in [0.15, 0.2) is 0 Å². The van der Waals surface area contributed by atoms with Crippen molar-refractivity contribution >= 4 is 9.93 Å². The highest BCUT2D eigenvalue weighted by Gasteiger charge is 2.13. The fourth-order valence-corrected chi connectivity index (χ4v) is 3.87. The van der Waals surface area contributed by atoms with E-state index in [-0.39, 0.29) is 17.7 Å². The van der Waals surface area contributed by atoms with Crippen molar-refractivity contribution in [2.75, 3.05) is 12.5 Å². The van der Waals surface area contributed by atoms with E-state index in [1.165, 1.54) is 16.7 Å². The second-order valence-corrected chi connectivity index (χ2v) is 10.6. The number of halogens is 2. The Hall–Kier alpha value is -2.80. The SMILES string of the molecule is Cc1cc(-c2cc(OCc3ccc(F)cc3F)cc([SH](C)(C)=O)c2)cn(C)c1=O. The van der Waals surface area contributed by atoms with Gasteiger partial charge in [-0.05, 0) is 67.0 Å². The van der Waals surface area contributed by atoms with Gasteiger partial charge in [-0.2, -0.15) is 0 Å². The quantitative estimate of drug-likeness (QED) is 0.639. The lowest BCUT2D eigenvalue weighted by Crippen LogP contribution is -2.18. The van der Waals surface area contributed by atoms with E-state index in [0.717, 1.165) is 17.2 Å². The minimum absolute atomic E-state index is 0.0928. The number of hydrogen-bond donors (Lipinski definition) is 1. The molecule has 2 aromatic carbocycles. The van der Waals surface area contributed by atoms with E-state index in [0.29, 0.717) is 16.2 Å². The molecule has 1 heterocycles. The van der Waals surface area contributed by atoms with Crippen LogP contribution in [0.4, 0.5) is 8.78 Å². The molecule has 154 valence electrons. The first-order chi connectivity index (χ1) is 13.5. The third-order valence-corrected chi connectivity index (χ3v) is 6.12. The third kappa shape index (κ3) is 4.79. The van der Waals surface area contributed by atoms with Crippen LogP contribution in [0.5, 0.6) is 5.75 Å². The summed E-state index contributed by atoms with van der Waals surface area (Å²) in [4.78, 5) is 12.6. The zero-order chi connectivity index (χ0) is 21.3. The monoisotopic (exact) mass is 419 g/mol. The molecule has 0 unspecified atom stereocenters. The lowest BCUT2D eigenvalue weighted by molar-refractivity contribution is 0.299. The van der Waals surface area contributed by atoms with Gasteiger partial charge in [-0.25, -0.2) is 8.78 Å². The van der Waals surface area contributed by atoms with Gasteiger partial charge in [-0.3, -0.25) is 9.00 Å². The Balaban J connectivity index is 2.02. The average Bonchev–Trinajstić information content (AvgIpc) is 2.64. The van der Waals surface area contributed by atoms with E-state index >= 15 is 0 Å². The minimum atomic E-state index is -2.61. The van der Waals surface area contributed by atoms with Crippen LogP contribution < -0.4 is 10.3 Å². The molecule has 7 heteroatoms.